The zero-order chi connectivity index (χ0) is 17.7. The van der Waals surface area contributed by atoms with Crippen molar-refractivity contribution in [1.29, 1.82) is 0 Å². The summed E-state index contributed by atoms with van der Waals surface area (Å²) in [5.41, 5.74) is 0.558. The lowest BCUT2D eigenvalue weighted by Gasteiger charge is -2.22. The van der Waals surface area contributed by atoms with E-state index in [0.29, 0.717) is 36.9 Å². The highest BCUT2D eigenvalue weighted by atomic mass is 19.4. The predicted molar refractivity (Wildman–Crippen MR) is 81.6 cm³/mol. The molecule has 0 spiro atoms. The Bertz CT molecular complexity index is 626. The highest BCUT2D eigenvalue weighted by molar-refractivity contribution is 5.96. The number of carbonyl (C=O) groups is 2. The summed E-state index contributed by atoms with van der Waals surface area (Å²) in [6.07, 6.45) is -2.24. The van der Waals surface area contributed by atoms with Crippen molar-refractivity contribution in [2.75, 3.05) is 19.0 Å². The summed E-state index contributed by atoms with van der Waals surface area (Å²) in [5, 5.41) is 2.71. The van der Waals surface area contributed by atoms with Crippen LogP contribution < -0.4 is 10.1 Å². The molecule has 0 bridgehead atoms. The maximum Gasteiger partial charge on any atom is 0.454 e. The number of nitrogens with one attached hydrogen (secondary N) is 1. The molecule has 1 saturated heterocycles. The molecular weight excluding hydrogens is 325 g/mol. The Labute approximate surface area is 137 Å². The molecule has 0 aliphatic carbocycles. The Morgan fingerprint density at radius 1 is 1.29 bits per heavy atom. The van der Waals surface area contributed by atoms with E-state index in [2.05, 4.69) is 5.32 Å². The lowest BCUT2D eigenvalue weighted by Crippen LogP contribution is -2.36. The van der Waals surface area contributed by atoms with Crippen LogP contribution in [-0.2, 0) is 9.59 Å². The summed E-state index contributed by atoms with van der Waals surface area (Å²) in [6.45, 7) is 0.419. The molecule has 1 aromatic carbocycles. The molecule has 1 aliphatic heterocycles. The van der Waals surface area contributed by atoms with Gasteiger partial charge in [0.1, 0.15) is 11.8 Å². The molecular formula is C16H17F3N2O3. The Morgan fingerprint density at radius 3 is 2.54 bits per heavy atom. The van der Waals surface area contributed by atoms with Gasteiger partial charge in [0.2, 0.25) is 5.91 Å². The highest BCUT2D eigenvalue weighted by Crippen LogP contribution is 2.22. The van der Waals surface area contributed by atoms with Crippen LogP contribution in [0.15, 0.2) is 36.5 Å². The van der Waals surface area contributed by atoms with E-state index in [-0.39, 0.29) is 5.91 Å². The number of nitrogens with zero attached hydrogens (tertiary/aromatic N) is 1. The molecule has 1 aliphatic rings. The first-order valence-corrected chi connectivity index (χ1v) is 7.31. The number of benzene rings is 1. The van der Waals surface area contributed by atoms with Gasteiger partial charge in [-0.3, -0.25) is 9.59 Å². The number of ketones is 1. The van der Waals surface area contributed by atoms with Gasteiger partial charge >= 0.3 is 6.18 Å². The van der Waals surface area contributed by atoms with Crippen molar-refractivity contribution in [2.24, 2.45) is 0 Å². The molecule has 1 amide bonds. The number of hydrogen-bond donors (Lipinski definition) is 1. The molecule has 5 nitrogen and oxygen atoms in total. The van der Waals surface area contributed by atoms with E-state index >= 15 is 0 Å². The zero-order valence-corrected chi connectivity index (χ0v) is 13.0. The van der Waals surface area contributed by atoms with Crippen molar-refractivity contribution < 1.29 is 27.5 Å². The fourth-order valence-corrected chi connectivity index (χ4v) is 2.41. The number of methoxy groups -OCH3 is 1. The van der Waals surface area contributed by atoms with Gasteiger partial charge in [-0.1, -0.05) is 0 Å². The second-order valence-corrected chi connectivity index (χ2v) is 5.29. The summed E-state index contributed by atoms with van der Waals surface area (Å²) >= 11 is 0. The number of allylic oxidation sites excluding steroid dienone is 1. The highest BCUT2D eigenvalue weighted by Gasteiger charge is 2.37. The molecule has 1 heterocycles. The van der Waals surface area contributed by atoms with Crippen LogP contribution in [0.1, 0.15) is 12.8 Å². The van der Waals surface area contributed by atoms with Gasteiger partial charge in [0.25, 0.3) is 5.78 Å². The number of carbonyl (C=O) groups excluding carboxylic acids is 2. The third-order valence-electron chi connectivity index (χ3n) is 3.65. The number of alkyl halides is 3. The molecule has 1 N–H and O–H groups in total. The van der Waals surface area contributed by atoms with Gasteiger partial charge in [0, 0.05) is 24.5 Å². The lowest BCUT2D eigenvalue weighted by molar-refractivity contribution is -0.165. The van der Waals surface area contributed by atoms with E-state index in [4.69, 9.17) is 4.74 Å². The molecule has 0 aromatic heterocycles. The molecule has 0 saturated carbocycles. The van der Waals surface area contributed by atoms with Crippen LogP contribution in [0.25, 0.3) is 0 Å². The average Bonchev–Trinajstić information content (AvgIpc) is 3.01. The minimum Gasteiger partial charge on any atom is -0.497 e. The van der Waals surface area contributed by atoms with Gasteiger partial charge in [-0.2, -0.15) is 13.2 Å². The van der Waals surface area contributed by atoms with Crippen LogP contribution in [0.4, 0.5) is 18.9 Å². The molecule has 0 unspecified atom stereocenters. The minimum absolute atomic E-state index is 0.332. The fourth-order valence-electron chi connectivity index (χ4n) is 2.41. The van der Waals surface area contributed by atoms with E-state index in [1.807, 2.05) is 0 Å². The maximum atomic E-state index is 12.3. The first-order valence-electron chi connectivity index (χ1n) is 7.31. The number of ether oxygens (including phenoxy) is 1. The van der Waals surface area contributed by atoms with Gasteiger partial charge in [0.15, 0.2) is 0 Å². The fraction of sp³-hybridized carbons (Fsp3) is 0.375. The Kier molecular flexibility index (Phi) is 5.48. The standard InChI is InChI=1S/C16H17F3N2O3/c1-24-12-6-4-11(5-7-12)20-15(23)13-3-2-9-21(13)10-8-14(22)16(17,18)19/h4-8,10,13H,2-3,9H2,1H3,(H,20,23)/b10-8+/t13-/m0/s1. The average molecular weight is 342 g/mol. The van der Waals surface area contributed by atoms with Crippen molar-refractivity contribution in [3.05, 3.63) is 36.5 Å². The SMILES string of the molecule is COc1ccc(NC(=O)[C@@H]2CCCN2/C=C/C(=O)C(F)(F)F)cc1. The molecule has 0 radical (unpaired) electrons. The first kappa shape index (κ1) is 17.8. The zero-order valence-electron chi connectivity index (χ0n) is 13.0. The molecule has 24 heavy (non-hydrogen) atoms. The van der Waals surface area contributed by atoms with Gasteiger partial charge < -0.3 is 15.0 Å². The van der Waals surface area contributed by atoms with Gasteiger partial charge in [-0.05, 0) is 37.1 Å². The van der Waals surface area contributed by atoms with Crippen LogP contribution >= 0.6 is 0 Å². The first-order chi connectivity index (χ1) is 11.3. The topological polar surface area (TPSA) is 58.6 Å². The number of halogens is 3. The van der Waals surface area contributed by atoms with Crippen LogP contribution in [-0.4, -0.2) is 42.5 Å². The Hall–Kier alpha value is -2.51. The number of rotatable bonds is 5. The number of likely N-dealkylation sites (tertiary alicyclic amines) is 1. The quantitative estimate of drug-likeness (QED) is 0.836. The Morgan fingerprint density at radius 2 is 1.96 bits per heavy atom. The second kappa shape index (κ2) is 7.37. The third kappa shape index (κ3) is 4.50. The van der Waals surface area contributed by atoms with Gasteiger partial charge in [0.05, 0.1) is 7.11 Å². The van der Waals surface area contributed by atoms with Crippen LogP contribution in [0.2, 0.25) is 0 Å². The lowest BCUT2D eigenvalue weighted by atomic mass is 10.2. The van der Waals surface area contributed by atoms with E-state index in [0.717, 1.165) is 6.20 Å². The molecule has 1 fully saturated rings. The van der Waals surface area contributed by atoms with Crippen molar-refractivity contribution in [3.8, 4) is 5.75 Å². The predicted octanol–water partition coefficient (Wildman–Crippen LogP) is 2.74. The summed E-state index contributed by atoms with van der Waals surface area (Å²) in [7, 11) is 1.53. The molecule has 1 atom stereocenters. The summed E-state index contributed by atoms with van der Waals surface area (Å²) in [5.74, 6) is -1.63. The largest absolute Gasteiger partial charge is 0.497 e. The second-order valence-electron chi connectivity index (χ2n) is 5.29. The van der Waals surface area contributed by atoms with Gasteiger partial charge in [-0.15, -0.1) is 0 Å². The number of amides is 1. The molecule has 2 rings (SSSR count). The van der Waals surface area contributed by atoms with Crippen molar-refractivity contribution in [1.82, 2.24) is 4.90 Å². The number of anilines is 1. The minimum atomic E-state index is -4.91. The smallest absolute Gasteiger partial charge is 0.454 e. The van der Waals surface area contributed by atoms with Crippen LogP contribution in [0.5, 0.6) is 5.75 Å². The van der Waals surface area contributed by atoms with E-state index in [1.165, 1.54) is 12.0 Å². The number of hydrogen-bond acceptors (Lipinski definition) is 4. The Balaban J connectivity index is 1.99. The van der Waals surface area contributed by atoms with Gasteiger partial charge in [-0.25, -0.2) is 0 Å². The van der Waals surface area contributed by atoms with Crippen molar-refractivity contribution >= 4 is 17.4 Å². The normalized spacial score (nSPS) is 18.0. The van der Waals surface area contributed by atoms with Crippen LogP contribution in [0, 0.1) is 0 Å². The van der Waals surface area contributed by atoms with Crippen LogP contribution in [0.3, 0.4) is 0 Å². The van der Waals surface area contributed by atoms with E-state index in [9.17, 15) is 22.8 Å². The molecule has 1 aromatic rings. The maximum absolute atomic E-state index is 12.3. The molecule has 130 valence electrons. The third-order valence-corrected chi connectivity index (χ3v) is 3.65. The monoisotopic (exact) mass is 342 g/mol. The summed E-state index contributed by atoms with van der Waals surface area (Å²) < 4.78 is 41.7. The van der Waals surface area contributed by atoms with E-state index < -0.39 is 18.0 Å². The summed E-state index contributed by atoms with van der Waals surface area (Å²) in [6, 6.07) is 6.09. The van der Waals surface area contributed by atoms with Crippen molar-refractivity contribution in [2.45, 2.75) is 25.1 Å². The molecule has 8 heteroatoms. The summed E-state index contributed by atoms with van der Waals surface area (Å²) in [4.78, 5) is 24.6. The van der Waals surface area contributed by atoms with Crippen molar-refractivity contribution in [3.63, 3.8) is 0 Å². The van der Waals surface area contributed by atoms with E-state index in [1.54, 1.807) is 24.3 Å².